The van der Waals surface area contributed by atoms with Crippen LogP contribution in [0.25, 0.3) is 10.9 Å². The fraction of sp³-hybridized carbons (Fsp3) is 0.613. The first-order chi connectivity index (χ1) is 18.4. The van der Waals surface area contributed by atoms with Crippen molar-refractivity contribution >= 4 is 34.4 Å². The number of aromatic nitrogens is 2. The van der Waals surface area contributed by atoms with Gasteiger partial charge in [-0.1, -0.05) is 57.7 Å². The molecule has 2 aromatic rings. The van der Waals surface area contributed by atoms with Crippen molar-refractivity contribution in [1.29, 1.82) is 0 Å². The van der Waals surface area contributed by atoms with E-state index >= 15 is 0 Å². The van der Waals surface area contributed by atoms with Gasteiger partial charge in [0.15, 0.2) is 5.16 Å². The van der Waals surface area contributed by atoms with Crippen LogP contribution in [0.5, 0.6) is 0 Å². The minimum absolute atomic E-state index is 0.0207. The molecule has 3 aliphatic rings. The monoisotopic (exact) mass is 552 g/mol. The van der Waals surface area contributed by atoms with Gasteiger partial charge in [-0.3, -0.25) is 19.0 Å². The van der Waals surface area contributed by atoms with Crippen LogP contribution in [0.1, 0.15) is 59.8 Å². The largest absolute Gasteiger partial charge is 0.461 e. The third-order valence-electron chi connectivity index (χ3n) is 10.8. The van der Waals surface area contributed by atoms with Crippen molar-refractivity contribution in [2.24, 2.45) is 41.0 Å². The maximum Gasteiger partial charge on any atom is 0.316 e. The van der Waals surface area contributed by atoms with Crippen LogP contribution in [-0.4, -0.2) is 44.4 Å². The number of para-hydroxylation sites is 1. The Morgan fingerprint density at radius 1 is 1.26 bits per heavy atom. The maximum absolute atomic E-state index is 13.5. The molecular formula is C31H40N2O5S. The van der Waals surface area contributed by atoms with E-state index < -0.39 is 29.0 Å². The van der Waals surface area contributed by atoms with Crippen LogP contribution in [-0.2, 0) is 21.4 Å². The quantitative estimate of drug-likeness (QED) is 0.243. The Morgan fingerprint density at radius 2 is 1.97 bits per heavy atom. The number of fused-ring (bicyclic) bond motifs is 1. The summed E-state index contributed by atoms with van der Waals surface area (Å²) in [7, 11) is 1.65. The number of carbonyl (C=O) groups is 2. The van der Waals surface area contributed by atoms with Crippen LogP contribution in [0.3, 0.4) is 0 Å². The molecule has 1 N–H and O–H groups in total. The molecule has 0 spiro atoms. The fourth-order valence-corrected chi connectivity index (χ4v) is 8.90. The normalized spacial score (nSPS) is 38.1. The van der Waals surface area contributed by atoms with Gasteiger partial charge in [0, 0.05) is 30.2 Å². The lowest BCUT2D eigenvalue weighted by Crippen LogP contribution is -2.63. The Hall–Kier alpha value is -2.45. The van der Waals surface area contributed by atoms with Crippen molar-refractivity contribution in [2.75, 3.05) is 5.75 Å². The van der Waals surface area contributed by atoms with E-state index in [0.717, 1.165) is 19.3 Å². The molecule has 1 aromatic heterocycles. The van der Waals surface area contributed by atoms with Gasteiger partial charge in [-0.05, 0) is 55.1 Å². The van der Waals surface area contributed by atoms with Gasteiger partial charge in [0.05, 0.1) is 22.8 Å². The van der Waals surface area contributed by atoms with Gasteiger partial charge in [-0.25, -0.2) is 4.98 Å². The number of nitrogens with zero attached hydrogens (tertiary/aromatic N) is 2. The third-order valence-corrected chi connectivity index (χ3v) is 11.8. The van der Waals surface area contributed by atoms with Gasteiger partial charge in [0.1, 0.15) is 11.9 Å². The van der Waals surface area contributed by atoms with Crippen LogP contribution in [0.4, 0.5) is 0 Å². The Morgan fingerprint density at radius 3 is 2.69 bits per heavy atom. The number of ether oxygens (including phenoxy) is 1. The number of ketones is 1. The number of Topliss-reactive ketones (excluding diaryl/α,β-unsaturated/α-hetero) is 1. The maximum atomic E-state index is 13.5. The summed E-state index contributed by atoms with van der Waals surface area (Å²) in [4.78, 5) is 44.4. The first-order valence-corrected chi connectivity index (χ1v) is 15.0. The van der Waals surface area contributed by atoms with Crippen molar-refractivity contribution in [1.82, 2.24) is 9.55 Å². The number of aliphatic hydroxyl groups excluding tert-OH is 1. The summed E-state index contributed by atoms with van der Waals surface area (Å²) < 4.78 is 7.77. The molecule has 210 valence electrons. The van der Waals surface area contributed by atoms with E-state index in [4.69, 9.17) is 4.74 Å². The highest BCUT2D eigenvalue weighted by molar-refractivity contribution is 7.99. The third kappa shape index (κ3) is 4.21. The van der Waals surface area contributed by atoms with Crippen molar-refractivity contribution in [2.45, 2.75) is 77.2 Å². The van der Waals surface area contributed by atoms with E-state index in [2.05, 4.69) is 32.3 Å². The Bertz CT molecular complexity index is 1390. The zero-order valence-corrected chi connectivity index (χ0v) is 24.4. The number of rotatable bonds is 5. The molecule has 5 rings (SSSR count). The second-order valence-electron chi connectivity index (χ2n) is 12.6. The molecule has 7 nitrogen and oxygen atoms in total. The lowest BCUT2D eigenvalue weighted by atomic mass is 9.44. The summed E-state index contributed by atoms with van der Waals surface area (Å²) in [5.41, 5.74) is -1.13. The molecule has 1 heterocycles. The molecule has 39 heavy (non-hydrogen) atoms. The molecule has 0 aliphatic heterocycles. The van der Waals surface area contributed by atoms with E-state index in [9.17, 15) is 19.5 Å². The van der Waals surface area contributed by atoms with Gasteiger partial charge < -0.3 is 9.84 Å². The summed E-state index contributed by atoms with van der Waals surface area (Å²) in [6.45, 7) is 12.5. The predicted octanol–water partition coefficient (Wildman–Crippen LogP) is 4.93. The Balaban J connectivity index is 1.47. The number of benzene rings is 1. The van der Waals surface area contributed by atoms with Crippen LogP contribution in [0.2, 0.25) is 0 Å². The van der Waals surface area contributed by atoms with Gasteiger partial charge >= 0.3 is 5.97 Å². The second-order valence-corrected chi connectivity index (χ2v) is 13.6. The zero-order chi connectivity index (χ0) is 28.3. The van der Waals surface area contributed by atoms with Crippen molar-refractivity contribution < 1.29 is 19.4 Å². The first kappa shape index (κ1) is 28.1. The molecule has 0 radical (unpaired) electrons. The van der Waals surface area contributed by atoms with Crippen molar-refractivity contribution in [3.05, 3.63) is 47.3 Å². The number of esters is 1. The van der Waals surface area contributed by atoms with E-state index in [0.29, 0.717) is 28.9 Å². The second kappa shape index (κ2) is 9.88. The highest BCUT2D eigenvalue weighted by atomic mass is 32.2. The van der Waals surface area contributed by atoms with Gasteiger partial charge in [0.25, 0.3) is 5.56 Å². The lowest BCUT2D eigenvalue weighted by Gasteiger charge is -2.61. The number of thioether (sulfide) groups is 1. The molecule has 0 unspecified atom stereocenters. The molecule has 3 aliphatic carbocycles. The van der Waals surface area contributed by atoms with Gasteiger partial charge in [-0.2, -0.15) is 0 Å². The molecule has 8 atom stereocenters. The molecule has 1 aromatic carbocycles. The van der Waals surface area contributed by atoms with Crippen molar-refractivity contribution in [3.8, 4) is 0 Å². The van der Waals surface area contributed by atoms with Crippen LogP contribution in [0, 0.1) is 34.0 Å². The summed E-state index contributed by atoms with van der Waals surface area (Å²) in [5, 5.41) is 12.6. The first-order valence-electron chi connectivity index (χ1n) is 14.0. The summed E-state index contributed by atoms with van der Waals surface area (Å²) in [6, 6.07) is 7.15. The Labute approximate surface area is 234 Å². The minimum Gasteiger partial charge on any atom is -0.461 e. The van der Waals surface area contributed by atoms with Crippen LogP contribution in [0.15, 0.2) is 46.9 Å². The highest BCUT2D eigenvalue weighted by Gasteiger charge is 2.68. The number of aliphatic hydroxyl groups is 1. The lowest BCUT2D eigenvalue weighted by molar-refractivity contribution is -0.205. The molecule has 3 saturated carbocycles. The van der Waals surface area contributed by atoms with E-state index in [-0.39, 0.29) is 40.3 Å². The summed E-state index contributed by atoms with van der Waals surface area (Å²) >= 11 is 1.17. The number of hydrogen-bond acceptors (Lipinski definition) is 7. The molecule has 3 fully saturated rings. The SMILES string of the molecule is C=C[C@]1(C)C[C@@H](OC(=O)CSc2nc3ccccc3c(=O)n2C)[C@]2(C)[C@H](C)CC[C@]3(CCC(=O)[C@H]32)[C@@H](C)[C@@H]1O. The molecule has 8 heteroatoms. The Kier molecular flexibility index (Phi) is 7.11. The molecule has 0 saturated heterocycles. The topological polar surface area (TPSA) is 98.5 Å². The number of carbonyl (C=O) groups excluding carboxylic acids is 2. The smallest absolute Gasteiger partial charge is 0.316 e. The van der Waals surface area contributed by atoms with Crippen LogP contribution >= 0.6 is 11.8 Å². The zero-order valence-electron chi connectivity index (χ0n) is 23.6. The van der Waals surface area contributed by atoms with Gasteiger partial charge in [0.2, 0.25) is 0 Å². The standard InChI is InChI=1S/C31H40N2O5S/c1-7-29(4)16-23(30(5)18(2)12-14-31(19(3)26(29)36)15-13-22(34)25(30)31)38-24(35)17-39-28-32-21-11-9-8-10-20(21)27(37)33(28)6/h7-11,18-19,23,25-26,36H,1,12-17H2,2-6H3/t18-,19+,23-,25+,26+,29-,30+,31+/m1/s1. The molecular weight excluding hydrogens is 512 g/mol. The van der Waals surface area contributed by atoms with Crippen molar-refractivity contribution in [3.63, 3.8) is 0 Å². The molecule has 0 amide bonds. The summed E-state index contributed by atoms with van der Waals surface area (Å²) in [6.07, 6.45) is 4.02. The summed E-state index contributed by atoms with van der Waals surface area (Å²) in [5.74, 6) is -0.374. The fourth-order valence-electron chi connectivity index (χ4n) is 8.14. The molecule has 2 bridgehead atoms. The van der Waals surface area contributed by atoms with Gasteiger partial charge in [-0.15, -0.1) is 6.58 Å². The van der Waals surface area contributed by atoms with E-state index in [1.165, 1.54) is 16.3 Å². The van der Waals surface area contributed by atoms with E-state index in [1.54, 1.807) is 31.3 Å². The van der Waals surface area contributed by atoms with Crippen LogP contribution < -0.4 is 5.56 Å². The average Bonchev–Trinajstić information content (AvgIpc) is 3.28. The highest BCUT2D eigenvalue weighted by Crippen LogP contribution is 2.68. The average molecular weight is 553 g/mol. The minimum atomic E-state index is -0.701. The predicted molar refractivity (Wildman–Crippen MR) is 152 cm³/mol. The van der Waals surface area contributed by atoms with E-state index in [1.807, 2.05) is 13.0 Å². The number of hydrogen-bond donors (Lipinski definition) is 1.